The lowest BCUT2D eigenvalue weighted by molar-refractivity contribution is -0.0746. The maximum Gasteiger partial charge on any atom is 0.130 e. The number of hydrogen-bond donors (Lipinski definition) is 1. The van der Waals surface area contributed by atoms with Crippen molar-refractivity contribution in [2.45, 2.75) is 37.8 Å². The van der Waals surface area contributed by atoms with Crippen molar-refractivity contribution >= 4 is 0 Å². The average Bonchev–Trinajstić information content (AvgIpc) is 2.63. The summed E-state index contributed by atoms with van der Waals surface area (Å²) < 4.78 is 0. The van der Waals surface area contributed by atoms with Crippen LogP contribution in [0.5, 0.6) is 0 Å². The Balaban J connectivity index is 1.84. The Kier molecular flexibility index (Phi) is 3.74. The molecule has 1 N–H and O–H groups in total. The van der Waals surface area contributed by atoms with Gasteiger partial charge in [0, 0.05) is 6.04 Å². The Morgan fingerprint density at radius 1 is 0.957 bits per heavy atom. The van der Waals surface area contributed by atoms with E-state index in [1.165, 1.54) is 18.4 Å². The number of aliphatic hydroxyl groups is 1. The fourth-order valence-electron chi connectivity index (χ4n) is 4.53. The van der Waals surface area contributed by atoms with Crippen molar-refractivity contribution in [3.63, 3.8) is 0 Å². The number of rotatable bonds is 3. The van der Waals surface area contributed by atoms with E-state index in [-0.39, 0.29) is 6.04 Å². The van der Waals surface area contributed by atoms with Gasteiger partial charge < -0.3 is 5.11 Å². The SMILES string of the molecule is Cc1cccc(C(O)(c2ccccc2)C2CC3CCN2CC3)c1. The van der Waals surface area contributed by atoms with Gasteiger partial charge in [-0.05, 0) is 56.3 Å². The molecule has 0 saturated carbocycles. The van der Waals surface area contributed by atoms with Gasteiger partial charge in [-0.1, -0.05) is 60.2 Å². The first-order chi connectivity index (χ1) is 11.2. The summed E-state index contributed by atoms with van der Waals surface area (Å²) in [4.78, 5) is 2.51. The third kappa shape index (κ3) is 2.50. The molecule has 3 aliphatic heterocycles. The lowest BCUT2D eigenvalue weighted by Crippen LogP contribution is -2.58. The largest absolute Gasteiger partial charge is 0.379 e. The molecule has 0 amide bonds. The summed E-state index contributed by atoms with van der Waals surface area (Å²) in [5.41, 5.74) is 2.32. The smallest absolute Gasteiger partial charge is 0.130 e. The highest BCUT2D eigenvalue weighted by Gasteiger charge is 2.48. The predicted molar refractivity (Wildman–Crippen MR) is 93.3 cm³/mol. The maximum atomic E-state index is 12.0. The Bertz CT molecular complexity index is 675. The molecule has 2 aromatic rings. The van der Waals surface area contributed by atoms with E-state index in [4.69, 9.17) is 0 Å². The van der Waals surface area contributed by atoms with E-state index in [9.17, 15) is 5.11 Å². The number of hydrogen-bond acceptors (Lipinski definition) is 2. The molecule has 0 spiro atoms. The standard InChI is InChI=1S/C21H25NO/c1-16-6-5-9-19(14-16)21(23,18-7-3-2-4-8-18)20-15-17-10-12-22(20)13-11-17/h2-9,14,17,20,23H,10-13,15H2,1H3. The molecule has 0 aromatic heterocycles. The van der Waals surface area contributed by atoms with Gasteiger partial charge in [-0.3, -0.25) is 4.90 Å². The van der Waals surface area contributed by atoms with Crippen LogP contribution in [0.2, 0.25) is 0 Å². The van der Waals surface area contributed by atoms with E-state index in [1.807, 2.05) is 18.2 Å². The third-order valence-electron chi connectivity index (χ3n) is 5.80. The van der Waals surface area contributed by atoms with Gasteiger partial charge >= 0.3 is 0 Å². The summed E-state index contributed by atoms with van der Waals surface area (Å²) in [6.45, 7) is 4.34. The van der Waals surface area contributed by atoms with Crippen LogP contribution in [0.1, 0.15) is 36.0 Å². The van der Waals surface area contributed by atoms with E-state index in [0.29, 0.717) is 0 Å². The molecule has 5 rings (SSSR count). The Labute approximate surface area is 138 Å². The number of fused-ring (bicyclic) bond motifs is 3. The molecule has 3 aliphatic rings. The summed E-state index contributed by atoms with van der Waals surface area (Å²) in [5.74, 6) is 0.769. The molecular weight excluding hydrogens is 282 g/mol. The fraction of sp³-hybridized carbons (Fsp3) is 0.429. The highest BCUT2D eigenvalue weighted by Crippen LogP contribution is 2.44. The number of aryl methyl sites for hydroxylation is 1. The van der Waals surface area contributed by atoms with Crippen molar-refractivity contribution < 1.29 is 5.11 Å². The van der Waals surface area contributed by atoms with E-state index in [0.717, 1.165) is 36.6 Å². The number of benzene rings is 2. The van der Waals surface area contributed by atoms with Gasteiger partial charge in [-0.25, -0.2) is 0 Å². The minimum Gasteiger partial charge on any atom is -0.379 e. The van der Waals surface area contributed by atoms with Crippen molar-refractivity contribution in [1.29, 1.82) is 0 Å². The molecule has 2 nitrogen and oxygen atoms in total. The van der Waals surface area contributed by atoms with Crippen LogP contribution >= 0.6 is 0 Å². The van der Waals surface area contributed by atoms with Gasteiger partial charge in [-0.2, -0.15) is 0 Å². The van der Waals surface area contributed by atoms with Crippen molar-refractivity contribution in [2.24, 2.45) is 5.92 Å². The lowest BCUT2D eigenvalue weighted by Gasteiger charge is -2.52. The van der Waals surface area contributed by atoms with Crippen LogP contribution in [0.25, 0.3) is 0 Å². The zero-order valence-corrected chi connectivity index (χ0v) is 13.8. The molecule has 3 fully saturated rings. The molecule has 2 unspecified atom stereocenters. The minimum absolute atomic E-state index is 0.180. The summed E-state index contributed by atoms with van der Waals surface area (Å²) in [6, 6.07) is 18.8. The van der Waals surface area contributed by atoms with Crippen LogP contribution in [0.4, 0.5) is 0 Å². The zero-order valence-electron chi connectivity index (χ0n) is 13.8. The molecule has 0 radical (unpaired) electrons. The summed E-state index contributed by atoms with van der Waals surface area (Å²) >= 11 is 0. The van der Waals surface area contributed by atoms with Crippen molar-refractivity contribution in [3.8, 4) is 0 Å². The maximum absolute atomic E-state index is 12.0. The average molecular weight is 307 g/mol. The van der Waals surface area contributed by atoms with Crippen LogP contribution in [-0.2, 0) is 5.60 Å². The van der Waals surface area contributed by atoms with Crippen LogP contribution < -0.4 is 0 Å². The summed E-state index contributed by atoms with van der Waals surface area (Å²) in [5, 5.41) is 12.0. The van der Waals surface area contributed by atoms with Crippen molar-refractivity contribution in [3.05, 3.63) is 71.3 Å². The zero-order chi connectivity index (χ0) is 15.9. The van der Waals surface area contributed by atoms with Crippen LogP contribution in [0, 0.1) is 12.8 Å². The van der Waals surface area contributed by atoms with Gasteiger partial charge in [-0.15, -0.1) is 0 Å². The molecular formula is C21H25NO. The highest BCUT2D eigenvalue weighted by atomic mass is 16.3. The van der Waals surface area contributed by atoms with Gasteiger partial charge in [0.2, 0.25) is 0 Å². The minimum atomic E-state index is -0.924. The van der Waals surface area contributed by atoms with Crippen LogP contribution in [-0.4, -0.2) is 29.1 Å². The third-order valence-corrected chi connectivity index (χ3v) is 5.80. The summed E-state index contributed by atoms with van der Waals surface area (Å²) in [6.07, 6.45) is 3.67. The Morgan fingerprint density at radius 2 is 1.65 bits per heavy atom. The molecule has 2 atom stereocenters. The molecule has 2 aromatic carbocycles. The van der Waals surface area contributed by atoms with Crippen molar-refractivity contribution in [1.82, 2.24) is 4.90 Å². The second kappa shape index (κ2) is 5.77. The Hall–Kier alpha value is -1.64. The summed E-state index contributed by atoms with van der Waals surface area (Å²) in [7, 11) is 0. The Morgan fingerprint density at radius 3 is 2.26 bits per heavy atom. The van der Waals surface area contributed by atoms with Crippen LogP contribution in [0.15, 0.2) is 54.6 Å². The second-order valence-corrected chi connectivity index (χ2v) is 7.23. The predicted octanol–water partition coefficient (Wildman–Crippen LogP) is 3.72. The van der Waals surface area contributed by atoms with E-state index < -0.39 is 5.60 Å². The molecule has 0 aliphatic carbocycles. The first kappa shape index (κ1) is 14.9. The van der Waals surface area contributed by atoms with E-state index in [1.54, 1.807) is 0 Å². The lowest BCUT2D eigenvalue weighted by atomic mass is 9.71. The van der Waals surface area contributed by atoms with Gasteiger partial charge in [0.1, 0.15) is 5.60 Å². The molecule has 2 bridgehead atoms. The van der Waals surface area contributed by atoms with Crippen molar-refractivity contribution in [2.75, 3.05) is 13.1 Å². The monoisotopic (exact) mass is 307 g/mol. The molecule has 3 heterocycles. The van der Waals surface area contributed by atoms with Gasteiger partial charge in [0.25, 0.3) is 0 Å². The van der Waals surface area contributed by atoms with E-state index >= 15 is 0 Å². The highest BCUT2D eigenvalue weighted by molar-refractivity contribution is 5.40. The first-order valence-corrected chi connectivity index (χ1v) is 8.77. The molecule has 120 valence electrons. The normalized spacial score (nSPS) is 29.2. The molecule has 3 saturated heterocycles. The number of piperidine rings is 3. The second-order valence-electron chi connectivity index (χ2n) is 7.23. The van der Waals surface area contributed by atoms with E-state index in [2.05, 4.69) is 48.2 Å². The molecule has 23 heavy (non-hydrogen) atoms. The topological polar surface area (TPSA) is 23.5 Å². The first-order valence-electron chi connectivity index (χ1n) is 8.77. The molecule has 2 heteroatoms. The number of nitrogens with zero attached hydrogens (tertiary/aromatic N) is 1. The quantitative estimate of drug-likeness (QED) is 0.934. The van der Waals surface area contributed by atoms with Crippen LogP contribution in [0.3, 0.4) is 0 Å². The van der Waals surface area contributed by atoms with Gasteiger partial charge in [0.05, 0.1) is 0 Å². The fourth-order valence-corrected chi connectivity index (χ4v) is 4.53. The van der Waals surface area contributed by atoms with Gasteiger partial charge in [0.15, 0.2) is 0 Å².